The maximum absolute atomic E-state index is 12.4. The van der Waals surface area contributed by atoms with Crippen LogP contribution in [0.5, 0.6) is 0 Å². The number of hydrogen-bond donors (Lipinski definition) is 0. The van der Waals surface area contributed by atoms with Crippen LogP contribution >= 0.6 is 0 Å². The van der Waals surface area contributed by atoms with Crippen molar-refractivity contribution in [2.24, 2.45) is 0 Å². The van der Waals surface area contributed by atoms with Crippen molar-refractivity contribution < 1.29 is 22.7 Å². The molecule has 1 aromatic rings. The Balaban J connectivity index is 2.07. The third kappa shape index (κ3) is 3.99. The van der Waals surface area contributed by atoms with E-state index in [-0.39, 0.29) is 25.5 Å². The first-order chi connectivity index (χ1) is 10.0. The molecule has 2 heterocycles. The van der Waals surface area contributed by atoms with E-state index in [2.05, 4.69) is 9.72 Å². The van der Waals surface area contributed by atoms with Gasteiger partial charge in [-0.1, -0.05) is 0 Å². The van der Waals surface area contributed by atoms with Crippen LogP contribution in [-0.2, 0) is 30.7 Å². The number of hydrogen-bond acceptors (Lipinski definition) is 6. The molecule has 1 saturated heterocycles. The Morgan fingerprint density at radius 1 is 1.48 bits per heavy atom. The topological polar surface area (TPSA) is 85.8 Å². The number of nitrogens with zero attached hydrogens (tertiary/aromatic N) is 2. The number of aromatic nitrogens is 1. The first-order valence-electron chi connectivity index (χ1n) is 6.58. The van der Waals surface area contributed by atoms with Gasteiger partial charge in [0.1, 0.15) is 6.04 Å². The van der Waals surface area contributed by atoms with Crippen LogP contribution in [0.4, 0.5) is 0 Å². The second-order valence-corrected chi connectivity index (χ2v) is 6.69. The Labute approximate surface area is 123 Å². The predicted octanol–water partition coefficient (Wildman–Crippen LogP) is -0.172. The first-order valence-corrected chi connectivity index (χ1v) is 8.19. The van der Waals surface area contributed by atoms with E-state index >= 15 is 0 Å². The van der Waals surface area contributed by atoms with Crippen LogP contribution in [-0.4, -0.2) is 62.3 Å². The molecule has 1 atom stereocenters. The smallest absolute Gasteiger partial charge is 0.326 e. The van der Waals surface area contributed by atoms with Crippen molar-refractivity contribution >= 4 is 16.0 Å². The van der Waals surface area contributed by atoms with Gasteiger partial charge >= 0.3 is 5.97 Å². The number of esters is 1. The SMILES string of the molecule is COC(=O)C1COCCN1S(=O)(=O)CCc1ccncc1. The predicted molar refractivity (Wildman–Crippen MR) is 75.1 cm³/mol. The minimum absolute atomic E-state index is 0.0289. The van der Waals surface area contributed by atoms with E-state index in [1.165, 1.54) is 11.4 Å². The minimum atomic E-state index is -3.55. The number of sulfonamides is 1. The van der Waals surface area contributed by atoms with E-state index in [0.29, 0.717) is 6.42 Å². The standard InChI is InChI=1S/C13H18N2O5S/c1-19-13(16)12-10-20-8-7-15(12)21(17,18)9-4-11-2-5-14-6-3-11/h2-3,5-6,12H,4,7-10H2,1H3. The van der Waals surface area contributed by atoms with Crippen molar-refractivity contribution in [3.8, 4) is 0 Å². The number of methoxy groups -OCH3 is 1. The molecule has 7 nitrogen and oxygen atoms in total. The van der Waals surface area contributed by atoms with Gasteiger partial charge < -0.3 is 9.47 Å². The van der Waals surface area contributed by atoms with Crippen LogP contribution in [0.3, 0.4) is 0 Å². The molecule has 1 aliphatic rings. The second-order valence-electron chi connectivity index (χ2n) is 4.65. The van der Waals surface area contributed by atoms with Gasteiger partial charge in [-0.15, -0.1) is 0 Å². The molecule has 0 aromatic carbocycles. The van der Waals surface area contributed by atoms with Gasteiger partial charge in [-0.25, -0.2) is 8.42 Å². The van der Waals surface area contributed by atoms with Crippen LogP contribution < -0.4 is 0 Å². The van der Waals surface area contributed by atoms with Crippen LogP contribution in [0.25, 0.3) is 0 Å². The summed E-state index contributed by atoms with van der Waals surface area (Å²) in [5, 5.41) is 0. The summed E-state index contributed by atoms with van der Waals surface area (Å²) in [6.45, 7) is 0.474. The monoisotopic (exact) mass is 314 g/mol. The Bertz CT molecular complexity index is 575. The van der Waals surface area contributed by atoms with Gasteiger partial charge in [0, 0.05) is 18.9 Å². The van der Waals surface area contributed by atoms with Gasteiger partial charge in [0.2, 0.25) is 10.0 Å². The third-order valence-corrected chi connectivity index (χ3v) is 5.18. The summed E-state index contributed by atoms with van der Waals surface area (Å²) >= 11 is 0. The fraction of sp³-hybridized carbons (Fsp3) is 0.538. The molecule has 0 aliphatic carbocycles. The van der Waals surface area contributed by atoms with Crippen LogP contribution in [0, 0.1) is 0 Å². The lowest BCUT2D eigenvalue weighted by Gasteiger charge is -2.32. The van der Waals surface area contributed by atoms with Gasteiger partial charge in [-0.05, 0) is 24.1 Å². The summed E-state index contributed by atoms with van der Waals surface area (Å²) in [7, 11) is -2.32. The minimum Gasteiger partial charge on any atom is -0.468 e. The Kier molecular flexibility index (Phi) is 5.27. The van der Waals surface area contributed by atoms with Gasteiger partial charge in [0.15, 0.2) is 0 Å². The molecule has 0 radical (unpaired) electrons. The zero-order chi connectivity index (χ0) is 15.3. The molecule has 1 unspecified atom stereocenters. The number of rotatable bonds is 5. The highest BCUT2D eigenvalue weighted by molar-refractivity contribution is 7.89. The van der Waals surface area contributed by atoms with E-state index in [0.717, 1.165) is 5.56 Å². The normalized spacial score (nSPS) is 20.1. The van der Waals surface area contributed by atoms with E-state index in [1.54, 1.807) is 24.5 Å². The number of aryl methyl sites for hydroxylation is 1. The lowest BCUT2D eigenvalue weighted by molar-refractivity contribution is -0.149. The van der Waals surface area contributed by atoms with Gasteiger partial charge in [-0.2, -0.15) is 4.31 Å². The van der Waals surface area contributed by atoms with E-state index in [4.69, 9.17) is 4.74 Å². The molecule has 116 valence electrons. The van der Waals surface area contributed by atoms with Crippen molar-refractivity contribution in [2.75, 3.05) is 32.6 Å². The highest BCUT2D eigenvalue weighted by atomic mass is 32.2. The summed E-state index contributed by atoms with van der Waals surface area (Å²) in [5.74, 6) is -0.660. The second kappa shape index (κ2) is 6.97. The molecule has 8 heteroatoms. The summed E-state index contributed by atoms with van der Waals surface area (Å²) in [5.41, 5.74) is 0.886. The third-order valence-electron chi connectivity index (χ3n) is 3.31. The highest BCUT2D eigenvalue weighted by Gasteiger charge is 2.37. The number of carbonyl (C=O) groups excluding carboxylic acids is 1. The summed E-state index contributed by atoms with van der Waals surface area (Å²) in [4.78, 5) is 15.6. The number of carbonyl (C=O) groups is 1. The van der Waals surface area contributed by atoms with Crippen LogP contribution in [0.1, 0.15) is 5.56 Å². The quantitative estimate of drug-likeness (QED) is 0.701. The summed E-state index contributed by atoms with van der Waals surface area (Å²) in [6.07, 6.45) is 3.61. The lowest BCUT2D eigenvalue weighted by atomic mass is 10.2. The molecule has 0 bridgehead atoms. The van der Waals surface area contributed by atoms with Crippen LogP contribution in [0.2, 0.25) is 0 Å². The molecule has 0 saturated carbocycles. The van der Waals surface area contributed by atoms with E-state index < -0.39 is 22.0 Å². The molecule has 0 amide bonds. The van der Waals surface area contributed by atoms with Crippen LogP contribution in [0.15, 0.2) is 24.5 Å². The molecule has 21 heavy (non-hydrogen) atoms. The maximum atomic E-state index is 12.4. The van der Waals surface area contributed by atoms with Crippen molar-refractivity contribution in [3.63, 3.8) is 0 Å². The largest absolute Gasteiger partial charge is 0.468 e. The summed E-state index contributed by atoms with van der Waals surface area (Å²) < 4.78 is 35.9. The molecular formula is C13H18N2O5S. The van der Waals surface area contributed by atoms with Crippen molar-refractivity contribution in [1.82, 2.24) is 9.29 Å². The molecule has 0 N–H and O–H groups in total. The molecule has 1 fully saturated rings. The molecule has 0 spiro atoms. The molecule has 1 aromatic heterocycles. The van der Waals surface area contributed by atoms with Crippen molar-refractivity contribution in [1.29, 1.82) is 0 Å². The van der Waals surface area contributed by atoms with Gasteiger partial charge in [-0.3, -0.25) is 9.78 Å². The Hall–Kier alpha value is -1.51. The average molecular weight is 314 g/mol. The Morgan fingerprint density at radius 3 is 2.86 bits per heavy atom. The number of ether oxygens (including phenoxy) is 2. The maximum Gasteiger partial charge on any atom is 0.326 e. The van der Waals surface area contributed by atoms with Gasteiger partial charge in [0.05, 0.1) is 26.1 Å². The fourth-order valence-electron chi connectivity index (χ4n) is 2.16. The Morgan fingerprint density at radius 2 is 2.19 bits per heavy atom. The fourth-order valence-corrected chi connectivity index (χ4v) is 3.77. The average Bonchev–Trinajstić information content (AvgIpc) is 2.53. The number of pyridine rings is 1. The van der Waals surface area contributed by atoms with Crippen molar-refractivity contribution in [2.45, 2.75) is 12.5 Å². The lowest BCUT2D eigenvalue weighted by Crippen LogP contribution is -2.53. The highest BCUT2D eigenvalue weighted by Crippen LogP contribution is 2.15. The number of morpholine rings is 1. The van der Waals surface area contributed by atoms with E-state index in [1.807, 2.05) is 0 Å². The zero-order valence-corrected chi connectivity index (χ0v) is 12.6. The molecule has 2 rings (SSSR count). The molecule has 1 aliphatic heterocycles. The zero-order valence-electron chi connectivity index (χ0n) is 11.8. The van der Waals surface area contributed by atoms with Crippen molar-refractivity contribution in [3.05, 3.63) is 30.1 Å². The summed E-state index contributed by atoms with van der Waals surface area (Å²) in [6, 6.07) is 2.64. The van der Waals surface area contributed by atoms with E-state index in [9.17, 15) is 13.2 Å². The van der Waals surface area contributed by atoms with Gasteiger partial charge in [0.25, 0.3) is 0 Å². The first kappa shape index (κ1) is 15.9. The molecular weight excluding hydrogens is 296 g/mol.